The fraction of sp³-hybridized carbons (Fsp3) is 0.261. The van der Waals surface area contributed by atoms with Crippen LogP contribution in [0.2, 0.25) is 0 Å². The Bertz CT molecular complexity index is 1360. The second-order valence-electron chi connectivity index (χ2n) is 7.58. The van der Waals surface area contributed by atoms with Gasteiger partial charge in [0.2, 0.25) is 0 Å². The molecule has 0 atom stereocenters. The lowest BCUT2D eigenvalue weighted by Crippen LogP contribution is -2.33. The highest BCUT2D eigenvalue weighted by Crippen LogP contribution is 2.38. The lowest BCUT2D eigenvalue weighted by Gasteiger charge is -2.12. The Balaban J connectivity index is 1.93. The topological polar surface area (TPSA) is 152 Å². The molecule has 3 amide bonds. The van der Waals surface area contributed by atoms with Gasteiger partial charge in [0.1, 0.15) is 10.8 Å². The van der Waals surface area contributed by atoms with Crippen molar-refractivity contribution in [2.24, 2.45) is 0 Å². The van der Waals surface area contributed by atoms with Crippen molar-refractivity contribution in [1.82, 2.24) is 25.6 Å². The van der Waals surface area contributed by atoms with E-state index in [9.17, 15) is 32.3 Å². The van der Waals surface area contributed by atoms with Crippen LogP contribution in [0.15, 0.2) is 36.1 Å². The summed E-state index contributed by atoms with van der Waals surface area (Å²) in [4.78, 5) is 58.9. The molecule has 3 heterocycles. The molecule has 38 heavy (non-hydrogen) atoms. The van der Waals surface area contributed by atoms with Gasteiger partial charge in [0.25, 0.3) is 5.91 Å². The molecule has 0 aliphatic carbocycles. The summed E-state index contributed by atoms with van der Waals surface area (Å²) >= 11 is 0.747. The van der Waals surface area contributed by atoms with Crippen LogP contribution in [-0.2, 0) is 20.5 Å². The van der Waals surface area contributed by atoms with Crippen LogP contribution in [0.4, 0.5) is 23.8 Å². The minimum Gasteiger partial charge on any atom is -0.456 e. The first kappa shape index (κ1) is 28.2. The van der Waals surface area contributed by atoms with Crippen LogP contribution in [0.25, 0.3) is 21.7 Å². The summed E-state index contributed by atoms with van der Waals surface area (Å²) in [6.07, 6.45) is -0.700. The number of ketones is 1. The molecule has 0 aromatic carbocycles. The lowest BCUT2D eigenvalue weighted by molar-refractivity contribution is -0.146. The summed E-state index contributed by atoms with van der Waals surface area (Å²) in [7, 11) is 0. The molecule has 0 bridgehead atoms. The summed E-state index contributed by atoms with van der Waals surface area (Å²) in [5, 5.41) is 8.21. The van der Waals surface area contributed by atoms with E-state index in [4.69, 9.17) is 0 Å². The van der Waals surface area contributed by atoms with Crippen molar-refractivity contribution < 1.29 is 37.1 Å². The van der Waals surface area contributed by atoms with Gasteiger partial charge in [-0.1, -0.05) is 0 Å². The number of hydrogen-bond donors (Lipinski definition) is 3. The van der Waals surface area contributed by atoms with E-state index in [0.717, 1.165) is 23.6 Å². The number of esters is 1. The van der Waals surface area contributed by atoms with Gasteiger partial charge >= 0.3 is 18.2 Å². The van der Waals surface area contributed by atoms with E-state index in [0.29, 0.717) is 17.7 Å². The third kappa shape index (κ3) is 7.55. The zero-order valence-electron chi connectivity index (χ0n) is 20.0. The van der Waals surface area contributed by atoms with Crippen molar-refractivity contribution in [1.29, 1.82) is 0 Å². The minimum absolute atomic E-state index is 0.00291. The molecule has 15 heteroatoms. The fourth-order valence-electron chi connectivity index (χ4n) is 3.02. The molecule has 11 nitrogen and oxygen atoms in total. The van der Waals surface area contributed by atoms with E-state index in [1.54, 1.807) is 6.92 Å². The molecule has 0 aliphatic rings. The molecule has 3 rings (SSSR count). The van der Waals surface area contributed by atoms with Crippen LogP contribution < -0.4 is 16.0 Å². The molecule has 0 fully saturated rings. The Labute approximate surface area is 217 Å². The Morgan fingerprint density at radius 2 is 1.82 bits per heavy atom. The van der Waals surface area contributed by atoms with Crippen molar-refractivity contribution in [3.05, 3.63) is 47.4 Å². The number of halogens is 3. The predicted molar refractivity (Wildman–Crippen MR) is 130 cm³/mol. The molecule has 3 aromatic heterocycles. The number of carbonyl (C=O) groups excluding carboxylic acids is 4. The number of amides is 3. The average molecular weight is 551 g/mol. The van der Waals surface area contributed by atoms with E-state index >= 15 is 0 Å². The molecule has 0 spiro atoms. The standard InChI is InChI=1S/C23H21F3N6O5S/c1-3-28-22(36)32-19-5-15(21-31-18(11-38-21)23(24,25)26)16(8-29-19)13-4-14(7-27-6-13)17(34)9-30-20(35)10-37-12(2)33/h4-8,11H,3,9-10H2,1-2H3,(H,30,35)(H2,28,29,32,36). The van der Waals surface area contributed by atoms with E-state index < -0.39 is 48.7 Å². The molecule has 0 radical (unpaired) electrons. The number of pyridine rings is 2. The van der Waals surface area contributed by atoms with E-state index in [-0.39, 0.29) is 22.0 Å². The number of thiazole rings is 1. The number of anilines is 1. The number of hydrogen-bond acceptors (Lipinski definition) is 9. The summed E-state index contributed by atoms with van der Waals surface area (Å²) in [6.45, 7) is 2.24. The molecule has 0 saturated heterocycles. The van der Waals surface area contributed by atoms with Crippen LogP contribution >= 0.6 is 11.3 Å². The molecule has 200 valence electrons. The van der Waals surface area contributed by atoms with Crippen LogP contribution in [0.1, 0.15) is 29.9 Å². The monoisotopic (exact) mass is 550 g/mol. The molecule has 3 aromatic rings. The number of nitrogens with zero attached hydrogens (tertiary/aromatic N) is 3. The summed E-state index contributed by atoms with van der Waals surface area (Å²) in [6, 6.07) is 2.25. The normalized spacial score (nSPS) is 11.0. The maximum absolute atomic E-state index is 13.2. The second-order valence-corrected chi connectivity index (χ2v) is 8.44. The highest BCUT2D eigenvalue weighted by molar-refractivity contribution is 7.13. The van der Waals surface area contributed by atoms with Crippen molar-refractivity contribution in [2.45, 2.75) is 20.0 Å². The van der Waals surface area contributed by atoms with Gasteiger partial charge < -0.3 is 15.4 Å². The maximum atomic E-state index is 13.2. The maximum Gasteiger partial charge on any atom is 0.434 e. The molecule has 0 unspecified atom stereocenters. The van der Waals surface area contributed by atoms with Gasteiger partial charge in [0.05, 0.1) is 6.54 Å². The first-order chi connectivity index (χ1) is 18.0. The molecule has 3 N–H and O–H groups in total. The second kappa shape index (κ2) is 12.2. The SMILES string of the molecule is CCNC(=O)Nc1cc(-c2nc(C(F)(F)F)cs2)c(-c2cncc(C(=O)CNC(=O)COC(C)=O)c2)cn1. The number of Topliss-reactive ketones (excluding diaryl/α,β-unsaturated/α-hetero) is 1. The Morgan fingerprint density at radius 1 is 1.05 bits per heavy atom. The van der Waals surface area contributed by atoms with Gasteiger partial charge in [0.15, 0.2) is 18.1 Å². The first-order valence-corrected chi connectivity index (χ1v) is 11.8. The average Bonchev–Trinajstić information content (AvgIpc) is 3.37. The van der Waals surface area contributed by atoms with Gasteiger partial charge in [-0.2, -0.15) is 13.2 Å². The quantitative estimate of drug-likeness (QED) is 0.271. The van der Waals surface area contributed by atoms with E-state index in [2.05, 4.69) is 35.6 Å². The molecular weight excluding hydrogens is 529 g/mol. The van der Waals surface area contributed by atoms with E-state index in [1.807, 2.05) is 0 Å². The van der Waals surface area contributed by atoms with Gasteiger partial charge in [0, 0.05) is 59.7 Å². The predicted octanol–water partition coefficient (Wildman–Crippen LogP) is 3.29. The zero-order valence-corrected chi connectivity index (χ0v) is 20.8. The molecule has 0 aliphatic heterocycles. The summed E-state index contributed by atoms with van der Waals surface area (Å²) in [5.41, 5.74) is -0.132. The zero-order chi connectivity index (χ0) is 27.9. The highest BCUT2D eigenvalue weighted by Gasteiger charge is 2.34. The van der Waals surface area contributed by atoms with Crippen molar-refractivity contribution in [3.63, 3.8) is 0 Å². The number of aromatic nitrogens is 3. The lowest BCUT2D eigenvalue weighted by atomic mass is 10.0. The van der Waals surface area contributed by atoms with Gasteiger partial charge in [-0.3, -0.25) is 24.7 Å². The van der Waals surface area contributed by atoms with Crippen molar-refractivity contribution >= 4 is 40.8 Å². The van der Waals surface area contributed by atoms with Crippen molar-refractivity contribution in [2.75, 3.05) is 25.0 Å². The van der Waals surface area contributed by atoms with Gasteiger partial charge in [-0.05, 0) is 19.1 Å². The van der Waals surface area contributed by atoms with Crippen LogP contribution in [0.5, 0.6) is 0 Å². The Hall–Kier alpha value is -4.40. The smallest absolute Gasteiger partial charge is 0.434 e. The summed E-state index contributed by atoms with van der Waals surface area (Å²) in [5.74, 6) is -1.78. The third-order valence-corrected chi connectivity index (χ3v) is 5.61. The highest BCUT2D eigenvalue weighted by atomic mass is 32.1. The van der Waals surface area contributed by atoms with Crippen LogP contribution in [0.3, 0.4) is 0 Å². The molecular formula is C23H21F3N6O5S. The number of rotatable bonds is 9. The summed E-state index contributed by atoms with van der Waals surface area (Å²) < 4.78 is 44.2. The Kier molecular flexibility index (Phi) is 9.07. The first-order valence-electron chi connectivity index (χ1n) is 10.9. The minimum atomic E-state index is -4.65. The largest absolute Gasteiger partial charge is 0.456 e. The number of nitrogens with one attached hydrogen (secondary N) is 3. The van der Waals surface area contributed by atoms with E-state index in [1.165, 1.54) is 30.7 Å². The molecule has 0 saturated carbocycles. The fourth-order valence-corrected chi connectivity index (χ4v) is 3.87. The number of alkyl halides is 3. The number of carbonyl (C=O) groups is 4. The number of ether oxygens (including phenoxy) is 1. The van der Waals surface area contributed by atoms with Gasteiger partial charge in [-0.25, -0.2) is 14.8 Å². The van der Waals surface area contributed by atoms with Crippen LogP contribution in [-0.4, -0.2) is 58.3 Å². The number of urea groups is 1. The van der Waals surface area contributed by atoms with Gasteiger partial charge in [-0.15, -0.1) is 11.3 Å². The van der Waals surface area contributed by atoms with Crippen LogP contribution in [0, 0.1) is 0 Å². The van der Waals surface area contributed by atoms with Crippen molar-refractivity contribution in [3.8, 4) is 21.7 Å². The Morgan fingerprint density at radius 3 is 2.47 bits per heavy atom. The third-order valence-electron chi connectivity index (χ3n) is 4.73.